The Balaban J connectivity index is 1.68. The van der Waals surface area contributed by atoms with Crippen molar-refractivity contribution in [2.75, 3.05) is 34.7 Å². The van der Waals surface area contributed by atoms with Crippen LogP contribution >= 0.6 is 0 Å². The third kappa shape index (κ3) is 3.33. The van der Waals surface area contributed by atoms with Crippen LogP contribution in [0.15, 0.2) is 78.9 Å². The molecule has 0 radical (unpaired) electrons. The minimum absolute atomic E-state index is 0.596. The molecule has 1 saturated heterocycles. The molecule has 0 atom stereocenters. The Bertz CT molecular complexity index is 823. The van der Waals surface area contributed by atoms with Gasteiger partial charge in [-0.2, -0.15) is 0 Å². The SMILES string of the molecule is Fc1ccc(N2CN(c3ccccc3)CN(c3ccccc3)C2)cc1F. The molecule has 0 aromatic heterocycles. The minimum Gasteiger partial charge on any atom is -0.336 e. The number of benzene rings is 3. The third-order valence-corrected chi connectivity index (χ3v) is 4.54. The molecule has 4 rings (SSSR count). The van der Waals surface area contributed by atoms with E-state index in [0.29, 0.717) is 25.7 Å². The molecule has 26 heavy (non-hydrogen) atoms. The molecule has 0 saturated carbocycles. The van der Waals surface area contributed by atoms with Crippen LogP contribution in [0.1, 0.15) is 0 Å². The van der Waals surface area contributed by atoms with Crippen molar-refractivity contribution >= 4 is 17.1 Å². The fourth-order valence-electron chi connectivity index (χ4n) is 3.20. The normalized spacial score (nSPS) is 14.6. The molecular weight excluding hydrogens is 332 g/mol. The van der Waals surface area contributed by atoms with E-state index in [-0.39, 0.29) is 0 Å². The topological polar surface area (TPSA) is 9.72 Å². The van der Waals surface area contributed by atoms with E-state index in [4.69, 9.17) is 0 Å². The molecule has 1 aliphatic heterocycles. The quantitative estimate of drug-likeness (QED) is 0.679. The van der Waals surface area contributed by atoms with Gasteiger partial charge in [0.15, 0.2) is 11.6 Å². The molecule has 0 N–H and O–H groups in total. The molecule has 5 heteroatoms. The average Bonchev–Trinajstić information content (AvgIpc) is 2.71. The summed E-state index contributed by atoms with van der Waals surface area (Å²) in [6.45, 7) is 1.91. The average molecular weight is 351 g/mol. The highest BCUT2D eigenvalue weighted by Gasteiger charge is 2.24. The van der Waals surface area contributed by atoms with Crippen LogP contribution in [0, 0.1) is 11.6 Å². The summed E-state index contributed by atoms with van der Waals surface area (Å²) in [5.74, 6) is -1.66. The summed E-state index contributed by atoms with van der Waals surface area (Å²) in [5, 5.41) is 0. The van der Waals surface area contributed by atoms with E-state index >= 15 is 0 Å². The van der Waals surface area contributed by atoms with Crippen LogP contribution in [-0.2, 0) is 0 Å². The zero-order chi connectivity index (χ0) is 17.9. The van der Waals surface area contributed by atoms with Crippen molar-refractivity contribution in [3.8, 4) is 0 Å². The largest absolute Gasteiger partial charge is 0.336 e. The molecule has 0 aliphatic carbocycles. The molecule has 3 nitrogen and oxygen atoms in total. The van der Waals surface area contributed by atoms with Gasteiger partial charge in [-0.3, -0.25) is 0 Å². The Labute approximate surface area is 151 Å². The second-order valence-electron chi connectivity index (χ2n) is 6.31. The van der Waals surface area contributed by atoms with Gasteiger partial charge in [-0.1, -0.05) is 36.4 Å². The number of hydrogen-bond acceptors (Lipinski definition) is 3. The fourth-order valence-corrected chi connectivity index (χ4v) is 3.20. The lowest BCUT2D eigenvalue weighted by atomic mass is 10.2. The van der Waals surface area contributed by atoms with Crippen LogP contribution in [0.25, 0.3) is 0 Å². The van der Waals surface area contributed by atoms with Gasteiger partial charge in [0.1, 0.15) is 0 Å². The van der Waals surface area contributed by atoms with Gasteiger partial charge in [-0.25, -0.2) is 8.78 Å². The summed E-state index contributed by atoms with van der Waals surface area (Å²) in [6, 6.07) is 24.2. The van der Waals surface area contributed by atoms with Crippen molar-refractivity contribution in [3.05, 3.63) is 90.5 Å². The zero-order valence-corrected chi connectivity index (χ0v) is 14.2. The van der Waals surface area contributed by atoms with E-state index in [1.807, 2.05) is 41.3 Å². The van der Waals surface area contributed by atoms with E-state index < -0.39 is 11.6 Å². The number of halogens is 2. The van der Waals surface area contributed by atoms with Crippen LogP contribution in [0.4, 0.5) is 25.8 Å². The molecule has 132 valence electrons. The first kappa shape index (κ1) is 16.4. The monoisotopic (exact) mass is 351 g/mol. The maximum Gasteiger partial charge on any atom is 0.160 e. The van der Waals surface area contributed by atoms with Gasteiger partial charge in [-0.05, 0) is 36.4 Å². The van der Waals surface area contributed by atoms with Crippen molar-refractivity contribution in [3.63, 3.8) is 0 Å². The molecule has 1 aliphatic rings. The van der Waals surface area contributed by atoms with Crippen molar-refractivity contribution in [2.45, 2.75) is 0 Å². The smallest absolute Gasteiger partial charge is 0.160 e. The Hall–Kier alpha value is -3.08. The van der Waals surface area contributed by atoms with Crippen molar-refractivity contribution in [2.24, 2.45) is 0 Å². The Morgan fingerprint density at radius 2 is 0.962 bits per heavy atom. The molecule has 0 amide bonds. The second-order valence-corrected chi connectivity index (χ2v) is 6.31. The predicted molar refractivity (Wildman–Crippen MR) is 101 cm³/mol. The van der Waals surface area contributed by atoms with Gasteiger partial charge in [0.05, 0.1) is 20.0 Å². The van der Waals surface area contributed by atoms with E-state index in [1.165, 1.54) is 12.1 Å². The molecule has 3 aromatic rings. The summed E-state index contributed by atoms with van der Waals surface area (Å²) < 4.78 is 27.1. The Morgan fingerprint density at radius 1 is 0.500 bits per heavy atom. The van der Waals surface area contributed by atoms with Crippen molar-refractivity contribution < 1.29 is 8.78 Å². The van der Waals surface area contributed by atoms with Crippen LogP contribution in [-0.4, -0.2) is 20.0 Å². The number of nitrogens with zero attached hydrogens (tertiary/aromatic N) is 3. The highest BCUT2D eigenvalue weighted by Crippen LogP contribution is 2.27. The Morgan fingerprint density at radius 3 is 1.42 bits per heavy atom. The highest BCUT2D eigenvalue weighted by molar-refractivity contribution is 5.58. The van der Waals surface area contributed by atoms with Crippen molar-refractivity contribution in [1.82, 2.24) is 0 Å². The standard InChI is InChI=1S/C21H19F2N3/c22-20-12-11-19(13-21(20)23)26-15-24(17-7-3-1-4-8-17)14-25(16-26)18-9-5-2-6-10-18/h1-13H,14-16H2. The summed E-state index contributed by atoms with van der Waals surface area (Å²) in [6.07, 6.45) is 0. The summed E-state index contributed by atoms with van der Waals surface area (Å²) in [7, 11) is 0. The van der Waals surface area contributed by atoms with Crippen molar-refractivity contribution in [1.29, 1.82) is 0 Å². The first-order valence-electron chi connectivity index (χ1n) is 8.51. The van der Waals surface area contributed by atoms with Gasteiger partial charge in [0, 0.05) is 23.1 Å². The lowest BCUT2D eigenvalue weighted by Crippen LogP contribution is -2.55. The summed E-state index contributed by atoms with van der Waals surface area (Å²) in [5.41, 5.74) is 2.83. The first-order valence-corrected chi connectivity index (χ1v) is 8.51. The van der Waals surface area contributed by atoms with Gasteiger partial charge in [-0.15, -0.1) is 0 Å². The molecule has 1 fully saturated rings. The number of para-hydroxylation sites is 2. The van der Waals surface area contributed by atoms with Gasteiger partial charge in [0.2, 0.25) is 0 Å². The molecule has 1 heterocycles. The summed E-state index contributed by atoms with van der Waals surface area (Å²) in [4.78, 5) is 6.45. The van der Waals surface area contributed by atoms with E-state index in [1.54, 1.807) is 6.07 Å². The van der Waals surface area contributed by atoms with Gasteiger partial charge < -0.3 is 14.7 Å². The van der Waals surface area contributed by atoms with Crippen LogP contribution in [0.2, 0.25) is 0 Å². The number of hydrogen-bond donors (Lipinski definition) is 0. The van der Waals surface area contributed by atoms with Gasteiger partial charge >= 0.3 is 0 Å². The third-order valence-electron chi connectivity index (χ3n) is 4.54. The van der Waals surface area contributed by atoms with Gasteiger partial charge in [0.25, 0.3) is 0 Å². The van der Waals surface area contributed by atoms with E-state index in [9.17, 15) is 8.78 Å². The lowest BCUT2D eigenvalue weighted by molar-refractivity contribution is 0.507. The maximum atomic E-state index is 13.7. The van der Waals surface area contributed by atoms with E-state index in [2.05, 4.69) is 34.1 Å². The molecule has 0 spiro atoms. The summed E-state index contributed by atoms with van der Waals surface area (Å²) >= 11 is 0. The maximum absolute atomic E-state index is 13.7. The first-order chi connectivity index (χ1) is 12.7. The lowest BCUT2D eigenvalue weighted by Gasteiger charge is -2.45. The van der Waals surface area contributed by atoms with Crippen LogP contribution in [0.5, 0.6) is 0 Å². The Kier molecular flexibility index (Phi) is 4.44. The molecule has 0 bridgehead atoms. The molecular formula is C21H19F2N3. The zero-order valence-electron chi connectivity index (χ0n) is 14.2. The minimum atomic E-state index is -0.828. The second kappa shape index (κ2) is 7.04. The molecule has 3 aromatic carbocycles. The van der Waals surface area contributed by atoms with Crippen LogP contribution < -0.4 is 14.7 Å². The molecule has 0 unspecified atom stereocenters. The predicted octanol–water partition coefficient (Wildman–Crippen LogP) is 4.67. The fraction of sp³-hybridized carbons (Fsp3) is 0.143. The number of rotatable bonds is 3. The van der Waals surface area contributed by atoms with Crippen LogP contribution in [0.3, 0.4) is 0 Å². The highest BCUT2D eigenvalue weighted by atomic mass is 19.2. The van der Waals surface area contributed by atoms with E-state index in [0.717, 1.165) is 11.4 Å². The number of anilines is 3.